The van der Waals surface area contributed by atoms with Gasteiger partial charge in [0.25, 0.3) is 5.91 Å². The van der Waals surface area contributed by atoms with Gasteiger partial charge in [0, 0.05) is 12.5 Å². The number of rotatable bonds is 9. The van der Waals surface area contributed by atoms with Crippen molar-refractivity contribution < 1.29 is 19.1 Å². The van der Waals surface area contributed by atoms with Gasteiger partial charge in [-0.3, -0.25) is 9.59 Å². The van der Waals surface area contributed by atoms with Crippen LogP contribution in [0.5, 0.6) is 11.5 Å². The van der Waals surface area contributed by atoms with Gasteiger partial charge in [0.05, 0.1) is 25.0 Å². The maximum absolute atomic E-state index is 12.7. The monoisotopic (exact) mass is 410 g/mol. The standard InChI is InChI=1S/C24H30N2O4/c1-29-19-13-15-20(16-14-19)30-17-7-12-23(27)26-22-11-6-5-10-21(22)24(28)25-18-8-3-2-4-9-18/h5-6,10-11,13-16,18H,2-4,7-9,12,17H2,1H3,(H,25,28)(H,26,27). The molecule has 0 unspecified atom stereocenters. The highest BCUT2D eigenvalue weighted by atomic mass is 16.5. The summed E-state index contributed by atoms with van der Waals surface area (Å²) in [7, 11) is 1.62. The zero-order valence-corrected chi connectivity index (χ0v) is 17.5. The minimum atomic E-state index is -0.133. The Morgan fingerprint density at radius 3 is 2.40 bits per heavy atom. The van der Waals surface area contributed by atoms with Crippen molar-refractivity contribution in [1.29, 1.82) is 0 Å². The zero-order chi connectivity index (χ0) is 21.2. The van der Waals surface area contributed by atoms with E-state index in [9.17, 15) is 9.59 Å². The van der Waals surface area contributed by atoms with Crippen molar-refractivity contribution in [3.63, 3.8) is 0 Å². The summed E-state index contributed by atoms with van der Waals surface area (Å²) in [5.74, 6) is 1.25. The molecule has 6 nitrogen and oxygen atoms in total. The number of ether oxygens (including phenoxy) is 2. The number of benzene rings is 2. The minimum Gasteiger partial charge on any atom is -0.497 e. The highest BCUT2D eigenvalue weighted by Gasteiger charge is 2.19. The van der Waals surface area contributed by atoms with E-state index in [0.717, 1.165) is 37.2 Å². The topological polar surface area (TPSA) is 76.7 Å². The second kappa shape index (κ2) is 11.2. The fraction of sp³-hybridized carbons (Fsp3) is 0.417. The van der Waals surface area contributed by atoms with Crippen molar-refractivity contribution in [2.24, 2.45) is 0 Å². The summed E-state index contributed by atoms with van der Waals surface area (Å²) in [5, 5.41) is 5.98. The van der Waals surface area contributed by atoms with Crippen molar-refractivity contribution in [3.05, 3.63) is 54.1 Å². The molecule has 2 amide bonds. The van der Waals surface area contributed by atoms with Gasteiger partial charge >= 0.3 is 0 Å². The van der Waals surface area contributed by atoms with Gasteiger partial charge in [-0.2, -0.15) is 0 Å². The lowest BCUT2D eigenvalue weighted by molar-refractivity contribution is -0.116. The van der Waals surface area contributed by atoms with Crippen molar-refractivity contribution in [1.82, 2.24) is 5.32 Å². The lowest BCUT2D eigenvalue weighted by atomic mass is 9.95. The average Bonchev–Trinajstić information content (AvgIpc) is 2.78. The number of amides is 2. The van der Waals surface area contributed by atoms with E-state index in [4.69, 9.17) is 9.47 Å². The first-order chi connectivity index (χ1) is 14.7. The first-order valence-corrected chi connectivity index (χ1v) is 10.6. The molecule has 0 atom stereocenters. The van der Waals surface area contributed by atoms with Gasteiger partial charge in [0.1, 0.15) is 11.5 Å². The average molecular weight is 411 g/mol. The quantitative estimate of drug-likeness (QED) is 0.595. The van der Waals surface area contributed by atoms with Gasteiger partial charge < -0.3 is 20.1 Å². The Bertz CT molecular complexity index is 829. The van der Waals surface area contributed by atoms with Crippen LogP contribution in [0.3, 0.4) is 0 Å². The summed E-state index contributed by atoms with van der Waals surface area (Å²) >= 11 is 0. The van der Waals surface area contributed by atoms with E-state index in [0.29, 0.717) is 30.7 Å². The number of nitrogens with one attached hydrogen (secondary N) is 2. The van der Waals surface area contributed by atoms with E-state index in [1.807, 2.05) is 36.4 Å². The zero-order valence-electron chi connectivity index (χ0n) is 17.5. The number of anilines is 1. The first kappa shape index (κ1) is 21.7. The fourth-order valence-corrected chi connectivity index (χ4v) is 3.61. The highest BCUT2D eigenvalue weighted by Crippen LogP contribution is 2.20. The maximum Gasteiger partial charge on any atom is 0.253 e. The van der Waals surface area contributed by atoms with E-state index in [-0.39, 0.29) is 17.9 Å². The number of carbonyl (C=O) groups is 2. The number of carbonyl (C=O) groups excluding carboxylic acids is 2. The van der Waals surface area contributed by atoms with Gasteiger partial charge in [-0.1, -0.05) is 31.4 Å². The van der Waals surface area contributed by atoms with Crippen LogP contribution in [0.15, 0.2) is 48.5 Å². The van der Waals surface area contributed by atoms with Crippen LogP contribution in [0, 0.1) is 0 Å². The van der Waals surface area contributed by atoms with E-state index < -0.39 is 0 Å². The van der Waals surface area contributed by atoms with Crippen LogP contribution in [0.4, 0.5) is 5.69 Å². The van der Waals surface area contributed by atoms with Crippen molar-refractivity contribution in [2.45, 2.75) is 51.0 Å². The van der Waals surface area contributed by atoms with E-state index >= 15 is 0 Å². The summed E-state index contributed by atoms with van der Waals surface area (Å²) in [6.07, 6.45) is 6.48. The highest BCUT2D eigenvalue weighted by molar-refractivity contribution is 6.03. The third kappa shape index (κ3) is 6.51. The Morgan fingerprint density at radius 1 is 0.967 bits per heavy atom. The van der Waals surface area contributed by atoms with Crippen LogP contribution in [-0.2, 0) is 4.79 Å². The molecule has 2 aromatic rings. The molecular weight excluding hydrogens is 380 g/mol. The third-order valence-corrected chi connectivity index (χ3v) is 5.26. The summed E-state index contributed by atoms with van der Waals surface area (Å²) in [6, 6.07) is 14.7. The number of hydrogen-bond donors (Lipinski definition) is 2. The molecule has 0 saturated heterocycles. The van der Waals surface area contributed by atoms with Gasteiger partial charge in [0.15, 0.2) is 0 Å². The molecular formula is C24H30N2O4. The Labute approximate surface area is 178 Å². The van der Waals surface area contributed by atoms with E-state index in [2.05, 4.69) is 10.6 Å². The largest absolute Gasteiger partial charge is 0.497 e. The molecule has 1 aliphatic rings. The van der Waals surface area contributed by atoms with Crippen LogP contribution in [0.25, 0.3) is 0 Å². The van der Waals surface area contributed by atoms with Crippen LogP contribution in [0.1, 0.15) is 55.3 Å². The molecule has 160 valence electrons. The van der Waals surface area contributed by atoms with Crippen LogP contribution in [-0.4, -0.2) is 31.6 Å². The van der Waals surface area contributed by atoms with E-state index in [1.54, 1.807) is 19.2 Å². The summed E-state index contributed by atoms with van der Waals surface area (Å²) in [5.41, 5.74) is 1.05. The maximum atomic E-state index is 12.7. The Kier molecular flexibility index (Phi) is 8.12. The second-order valence-corrected chi connectivity index (χ2v) is 7.53. The molecule has 2 N–H and O–H groups in total. The van der Waals surface area contributed by atoms with Gasteiger partial charge in [-0.15, -0.1) is 0 Å². The van der Waals surface area contributed by atoms with Crippen LogP contribution < -0.4 is 20.1 Å². The predicted molar refractivity (Wildman–Crippen MR) is 117 cm³/mol. The molecule has 2 aromatic carbocycles. The fourth-order valence-electron chi connectivity index (χ4n) is 3.61. The molecule has 0 heterocycles. The molecule has 6 heteroatoms. The normalized spacial score (nSPS) is 14.0. The van der Waals surface area contributed by atoms with E-state index in [1.165, 1.54) is 6.42 Å². The molecule has 0 aliphatic heterocycles. The summed E-state index contributed by atoms with van der Waals surface area (Å²) < 4.78 is 10.8. The molecule has 0 aromatic heterocycles. The van der Waals surface area contributed by atoms with Crippen LogP contribution >= 0.6 is 0 Å². The predicted octanol–water partition coefficient (Wildman–Crippen LogP) is 4.56. The molecule has 1 fully saturated rings. The van der Waals surface area contributed by atoms with Gasteiger partial charge in [-0.25, -0.2) is 0 Å². The van der Waals surface area contributed by atoms with Gasteiger partial charge in [-0.05, 0) is 55.7 Å². The third-order valence-electron chi connectivity index (χ3n) is 5.26. The summed E-state index contributed by atoms with van der Waals surface area (Å²) in [6.45, 7) is 0.434. The Morgan fingerprint density at radius 2 is 1.67 bits per heavy atom. The second-order valence-electron chi connectivity index (χ2n) is 7.53. The number of methoxy groups -OCH3 is 1. The Balaban J connectivity index is 1.45. The molecule has 0 bridgehead atoms. The lowest BCUT2D eigenvalue weighted by Gasteiger charge is -2.23. The SMILES string of the molecule is COc1ccc(OCCCC(=O)Nc2ccccc2C(=O)NC2CCCCC2)cc1. The molecule has 1 saturated carbocycles. The molecule has 0 spiro atoms. The molecule has 3 rings (SSSR count). The molecule has 0 radical (unpaired) electrons. The molecule has 30 heavy (non-hydrogen) atoms. The smallest absolute Gasteiger partial charge is 0.253 e. The lowest BCUT2D eigenvalue weighted by Crippen LogP contribution is -2.36. The Hall–Kier alpha value is -3.02. The number of para-hydroxylation sites is 1. The van der Waals surface area contributed by atoms with Crippen molar-refractivity contribution in [2.75, 3.05) is 19.0 Å². The van der Waals surface area contributed by atoms with Crippen molar-refractivity contribution >= 4 is 17.5 Å². The number of hydrogen-bond acceptors (Lipinski definition) is 4. The van der Waals surface area contributed by atoms with Gasteiger partial charge in [0.2, 0.25) is 5.91 Å². The van der Waals surface area contributed by atoms with Crippen LogP contribution in [0.2, 0.25) is 0 Å². The van der Waals surface area contributed by atoms with Crippen molar-refractivity contribution in [3.8, 4) is 11.5 Å². The minimum absolute atomic E-state index is 0.124. The molecule has 1 aliphatic carbocycles. The first-order valence-electron chi connectivity index (χ1n) is 10.6. The summed E-state index contributed by atoms with van der Waals surface area (Å²) in [4.78, 5) is 25.0.